The fourth-order valence-corrected chi connectivity index (χ4v) is 2.79. The molecule has 1 amide bonds. The highest BCUT2D eigenvalue weighted by molar-refractivity contribution is 5.92. The van der Waals surface area contributed by atoms with Gasteiger partial charge in [0.2, 0.25) is 0 Å². The van der Waals surface area contributed by atoms with Gasteiger partial charge in [-0.3, -0.25) is 4.79 Å². The normalized spacial score (nSPS) is 11.7. The summed E-state index contributed by atoms with van der Waals surface area (Å²) >= 11 is 0. The van der Waals surface area contributed by atoms with Gasteiger partial charge in [-0.1, -0.05) is 23.4 Å². The van der Waals surface area contributed by atoms with Crippen LogP contribution < -0.4 is 5.32 Å². The third-order valence-electron chi connectivity index (χ3n) is 4.24. The number of imidazole rings is 1. The molecular weight excluding hydrogens is 385 g/mol. The molecule has 0 saturated heterocycles. The molecule has 0 spiro atoms. The van der Waals surface area contributed by atoms with Gasteiger partial charge >= 0.3 is 6.18 Å². The van der Waals surface area contributed by atoms with E-state index in [1.54, 1.807) is 29.1 Å². The Morgan fingerprint density at radius 1 is 1.07 bits per heavy atom. The van der Waals surface area contributed by atoms with Crippen LogP contribution in [0.4, 0.5) is 13.2 Å². The molecule has 0 aliphatic rings. The Kier molecular flexibility index (Phi) is 4.75. The van der Waals surface area contributed by atoms with E-state index in [4.69, 9.17) is 0 Å². The Morgan fingerprint density at radius 2 is 1.86 bits per heavy atom. The summed E-state index contributed by atoms with van der Waals surface area (Å²) in [6.07, 6.45) is 0.692. The molecule has 1 aromatic carbocycles. The summed E-state index contributed by atoms with van der Waals surface area (Å²) in [6.45, 7) is 0.422. The first-order chi connectivity index (χ1) is 13.9. The number of halogens is 3. The van der Waals surface area contributed by atoms with Crippen molar-refractivity contribution in [2.45, 2.75) is 19.3 Å². The van der Waals surface area contributed by atoms with Crippen LogP contribution in [0.2, 0.25) is 0 Å². The Balaban J connectivity index is 1.36. The van der Waals surface area contributed by atoms with E-state index in [1.165, 1.54) is 16.8 Å². The van der Waals surface area contributed by atoms with E-state index in [1.807, 2.05) is 12.1 Å². The molecule has 0 unspecified atom stereocenters. The first-order valence-electron chi connectivity index (χ1n) is 8.65. The molecule has 0 atom stereocenters. The first kappa shape index (κ1) is 18.7. The molecule has 4 rings (SSSR count). The number of alkyl halides is 3. The molecule has 10 heteroatoms. The quantitative estimate of drug-likeness (QED) is 0.559. The number of pyridine rings is 1. The monoisotopic (exact) mass is 400 g/mol. The van der Waals surface area contributed by atoms with Crippen molar-refractivity contribution < 1.29 is 18.0 Å². The molecule has 0 aliphatic carbocycles. The van der Waals surface area contributed by atoms with Gasteiger partial charge in [0.15, 0.2) is 0 Å². The van der Waals surface area contributed by atoms with E-state index in [-0.39, 0.29) is 24.7 Å². The maximum absolute atomic E-state index is 12.6. The Labute approximate surface area is 162 Å². The number of fused-ring (bicyclic) bond motifs is 1. The second-order valence-corrected chi connectivity index (χ2v) is 6.38. The van der Waals surface area contributed by atoms with Crippen LogP contribution in [0, 0.1) is 0 Å². The van der Waals surface area contributed by atoms with Gasteiger partial charge in [0.1, 0.15) is 17.0 Å². The van der Waals surface area contributed by atoms with Crippen molar-refractivity contribution >= 4 is 11.6 Å². The van der Waals surface area contributed by atoms with Gasteiger partial charge in [-0.25, -0.2) is 9.67 Å². The van der Waals surface area contributed by atoms with Crippen LogP contribution in [0.3, 0.4) is 0 Å². The van der Waals surface area contributed by atoms with Crippen molar-refractivity contribution in [3.8, 4) is 0 Å². The maximum Gasteiger partial charge on any atom is 0.416 e. The maximum atomic E-state index is 12.6. The van der Waals surface area contributed by atoms with E-state index >= 15 is 0 Å². The molecule has 148 valence electrons. The van der Waals surface area contributed by atoms with Gasteiger partial charge in [0, 0.05) is 12.4 Å². The molecular formula is C19H15F3N6O. The minimum Gasteiger partial charge on any atom is -0.345 e. The fourth-order valence-electron chi connectivity index (χ4n) is 2.79. The Hall–Kier alpha value is -3.69. The Morgan fingerprint density at radius 3 is 2.59 bits per heavy atom. The lowest BCUT2D eigenvalue weighted by Crippen LogP contribution is -2.23. The summed E-state index contributed by atoms with van der Waals surface area (Å²) < 4.78 is 41.1. The number of benzene rings is 1. The van der Waals surface area contributed by atoms with Crippen molar-refractivity contribution in [1.82, 2.24) is 29.7 Å². The van der Waals surface area contributed by atoms with Crippen LogP contribution in [0.5, 0.6) is 0 Å². The largest absolute Gasteiger partial charge is 0.416 e. The molecule has 3 heterocycles. The average Bonchev–Trinajstić information content (AvgIpc) is 3.32. The summed E-state index contributed by atoms with van der Waals surface area (Å²) in [7, 11) is 0. The second-order valence-electron chi connectivity index (χ2n) is 6.38. The highest BCUT2D eigenvalue weighted by Crippen LogP contribution is 2.29. The van der Waals surface area contributed by atoms with E-state index in [2.05, 4.69) is 20.6 Å². The summed E-state index contributed by atoms with van der Waals surface area (Å²) in [4.78, 5) is 16.5. The Bertz CT molecular complexity index is 1110. The van der Waals surface area contributed by atoms with Crippen LogP contribution in [0.25, 0.3) is 5.65 Å². The van der Waals surface area contributed by atoms with Crippen LogP contribution in [-0.4, -0.2) is 30.3 Å². The number of amides is 1. The highest BCUT2D eigenvalue weighted by Gasteiger charge is 2.29. The van der Waals surface area contributed by atoms with E-state index in [9.17, 15) is 18.0 Å². The van der Waals surface area contributed by atoms with Gasteiger partial charge < -0.3 is 9.72 Å². The predicted octanol–water partition coefficient (Wildman–Crippen LogP) is 2.92. The molecule has 29 heavy (non-hydrogen) atoms. The lowest BCUT2D eigenvalue weighted by Gasteiger charge is -2.07. The summed E-state index contributed by atoms with van der Waals surface area (Å²) in [6, 6.07) is 10.3. The van der Waals surface area contributed by atoms with Crippen LogP contribution >= 0.6 is 0 Å². The van der Waals surface area contributed by atoms with E-state index in [0.717, 1.165) is 12.1 Å². The zero-order valence-corrected chi connectivity index (χ0v) is 15.0. The highest BCUT2D eigenvalue weighted by atomic mass is 19.4. The summed E-state index contributed by atoms with van der Waals surface area (Å²) in [5.41, 5.74) is 1.43. The molecule has 0 fully saturated rings. The minimum atomic E-state index is -4.36. The summed E-state index contributed by atoms with van der Waals surface area (Å²) in [5.74, 6) is -0.342. The summed E-state index contributed by atoms with van der Waals surface area (Å²) in [5, 5.41) is 10.6. The van der Waals surface area contributed by atoms with Crippen molar-refractivity contribution in [1.29, 1.82) is 0 Å². The van der Waals surface area contributed by atoms with Crippen molar-refractivity contribution in [3.05, 3.63) is 83.6 Å². The topological polar surface area (TPSA) is 77.1 Å². The second kappa shape index (κ2) is 7.38. The van der Waals surface area contributed by atoms with Gasteiger partial charge in [-0.2, -0.15) is 13.2 Å². The number of nitrogens with one attached hydrogen (secondary N) is 1. The zero-order valence-electron chi connectivity index (χ0n) is 15.0. The van der Waals surface area contributed by atoms with Crippen LogP contribution in [0.1, 0.15) is 27.3 Å². The average molecular weight is 400 g/mol. The predicted molar refractivity (Wildman–Crippen MR) is 96.9 cm³/mol. The van der Waals surface area contributed by atoms with Gasteiger partial charge in [-0.15, -0.1) is 5.10 Å². The van der Waals surface area contributed by atoms with E-state index in [0.29, 0.717) is 16.9 Å². The van der Waals surface area contributed by atoms with Crippen molar-refractivity contribution in [2.24, 2.45) is 0 Å². The number of rotatable bonds is 5. The van der Waals surface area contributed by atoms with Crippen LogP contribution in [0.15, 0.2) is 61.1 Å². The molecule has 1 N–H and O–H groups in total. The lowest BCUT2D eigenvalue weighted by atomic mass is 10.1. The number of hydrogen-bond acceptors (Lipinski definition) is 4. The third-order valence-corrected chi connectivity index (χ3v) is 4.24. The molecule has 3 aromatic heterocycles. The van der Waals surface area contributed by atoms with Gasteiger partial charge in [-0.05, 0) is 29.8 Å². The van der Waals surface area contributed by atoms with Crippen LogP contribution in [-0.2, 0) is 19.3 Å². The van der Waals surface area contributed by atoms with Crippen molar-refractivity contribution in [3.63, 3.8) is 0 Å². The lowest BCUT2D eigenvalue weighted by molar-refractivity contribution is -0.137. The number of carbonyl (C=O) groups excluding carboxylic acids is 1. The number of nitrogens with zero attached hydrogens (tertiary/aromatic N) is 5. The molecule has 0 aliphatic heterocycles. The number of aromatic nitrogens is 5. The van der Waals surface area contributed by atoms with Gasteiger partial charge in [0.05, 0.1) is 24.8 Å². The van der Waals surface area contributed by atoms with Gasteiger partial charge in [0.25, 0.3) is 5.91 Å². The molecule has 7 nitrogen and oxygen atoms in total. The molecule has 0 saturated carbocycles. The number of carbonyl (C=O) groups is 1. The first-order valence-corrected chi connectivity index (χ1v) is 8.65. The molecule has 0 bridgehead atoms. The zero-order chi connectivity index (χ0) is 20.4. The standard InChI is InChI=1S/C19H15F3N6O/c20-19(21,22)14-6-4-13(5-7-14)10-28-11-15(25-26-28)9-23-18(29)16-12-27-8-2-1-3-17(27)24-16/h1-8,11-12H,9-10H2,(H,23,29). The molecule has 0 radical (unpaired) electrons. The smallest absolute Gasteiger partial charge is 0.345 e. The third kappa shape index (κ3) is 4.26. The van der Waals surface area contributed by atoms with Crippen molar-refractivity contribution in [2.75, 3.05) is 0 Å². The minimum absolute atomic E-state index is 0.152. The molecule has 4 aromatic rings. The SMILES string of the molecule is O=C(NCc1cn(Cc2ccc(C(F)(F)F)cc2)nn1)c1cn2ccccc2n1. The number of hydrogen-bond donors (Lipinski definition) is 1. The fraction of sp³-hybridized carbons (Fsp3) is 0.158. The van der Waals surface area contributed by atoms with E-state index < -0.39 is 11.7 Å².